The summed E-state index contributed by atoms with van der Waals surface area (Å²) < 4.78 is 2.71. The van der Waals surface area contributed by atoms with Crippen LogP contribution in [-0.4, -0.2) is 14.8 Å². The third-order valence-corrected chi connectivity index (χ3v) is 3.49. The first-order chi connectivity index (χ1) is 8.53. The molecule has 2 aromatic rings. The Kier molecular flexibility index (Phi) is 3.48. The van der Waals surface area contributed by atoms with Crippen molar-refractivity contribution in [3.8, 4) is 6.07 Å². The first-order valence-electron chi connectivity index (χ1n) is 5.55. The Morgan fingerprint density at radius 1 is 1.44 bits per heavy atom. The van der Waals surface area contributed by atoms with Crippen molar-refractivity contribution in [2.24, 2.45) is 0 Å². The maximum atomic E-state index is 9.22. The van der Waals surface area contributed by atoms with Crippen molar-refractivity contribution >= 4 is 15.9 Å². The first-order valence-corrected chi connectivity index (χ1v) is 6.35. The summed E-state index contributed by atoms with van der Waals surface area (Å²) in [5, 5.41) is 13.3. The van der Waals surface area contributed by atoms with Gasteiger partial charge in [0.15, 0.2) is 0 Å². The summed E-state index contributed by atoms with van der Waals surface area (Å²) in [5.41, 5.74) is 1.57. The lowest BCUT2D eigenvalue weighted by molar-refractivity contribution is 0.665. The van der Waals surface area contributed by atoms with Crippen molar-refractivity contribution in [1.29, 1.82) is 5.26 Å². The van der Waals surface area contributed by atoms with E-state index in [-0.39, 0.29) is 0 Å². The molecule has 92 valence electrons. The van der Waals surface area contributed by atoms with Crippen LogP contribution in [0.5, 0.6) is 0 Å². The molecule has 5 heteroatoms. The molecule has 0 aliphatic rings. The van der Waals surface area contributed by atoms with Crippen LogP contribution in [0.1, 0.15) is 25.0 Å². The standard InChI is InChI=1S/C13H13BrN4/c1-13(2,7-15)11-5-10(3-4-12(11)14)6-18-9-16-8-17-18/h3-5,8-9H,6H2,1-2H3. The molecule has 0 N–H and O–H groups in total. The quantitative estimate of drug-likeness (QED) is 0.876. The minimum atomic E-state index is -0.517. The summed E-state index contributed by atoms with van der Waals surface area (Å²) in [5.74, 6) is 0. The second-order valence-corrected chi connectivity index (χ2v) is 5.50. The molecule has 0 radical (unpaired) electrons. The highest BCUT2D eigenvalue weighted by Crippen LogP contribution is 2.30. The molecule has 0 atom stereocenters. The van der Waals surface area contributed by atoms with Crippen molar-refractivity contribution in [3.05, 3.63) is 46.5 Å². The van der Waals surface area contributed by atoms with Gasteiger partial charge in [0, 0.05) is 4.47 Å². The van der Waals surface area contributed by atoms with Crippen molar-refractivity contribution < 1.29 is 0 Å². The predicted octanol–water partition coefficient (Wildman–Crippen LogP) is 2.89. The number of rotatable bonds is 3. The Morgan fingerprint density at radius 3 is 2.83 bits per heavy atom. The van der Waals surface area contributed by atoms with Crippen molar-refractivity contribution in [2.45, 2.75) is 25.8 Å². The second kappa shape index (κ2) is 4.91. The SMILES string of the molecule is CC(C)(C#N)c1cc(Cn2cncn2)ccc1Br. The van der Waals surface area contributed by atoms with Crippen LogP contribution in [0.2, 0.25) is 0 Å². The van der Waals surface area contributed by atoms with Gasteiger partial charge in [-0.25, -0.2) is 9.67 Å². The molecule has 1 heterocycles. The maximum Gasteiger partial charge on any atom is 0.137 e. The smallest absolute Gasteiger partial charge is 0.137 e. The van der Waals surface area contributed by atoms with E-state index in [9.17, 15) is 5.26 Å². The van der Waals surface area contributed by atoms with Crippen molar-refractivity contribution in [1.82, 2.24) is 14.8 Å². The predicted molar refractivity (Wildman–Crippen MR) is 71.9 cm³/mol. The van der Waals surface area contributed by atoms with E-state index in [0.717, 1.165) is 15.6 Å². The summed E-state index contributed by atoms with van der Waals surface area (Å²) in [4.78, 5) is 3.91. The van der Waals surface area contributed by atoms with Gasteiger partial charge in [0.05, 0.1) is 18.0 Å². The Hall–Kier alpha value is -1.67. The molecule has 1 aromatic carbocycles. The molecule has 18 heavy (non-hydrogen) atoms. The van der Waals surface area contributed by atoms with Gasteiger partial charge in [-0.05, 0) is 31.0 Å². The Labute approximate surface area is 114 Å². The lowest BCUT2D eigenvalue weighted by atomic mass is 9.85. The van der Waals surface area contributed by atoms with Crippen LogP contribution < -0.4 is 0 Å². The number of hydrogen-bond acceptors (Lipinski definition) is 3. The minimum absolute atomic E-state index is 0.517. The van der Waals surface area contributed by atoms with Crippen LogP contribution in [0.3, 0.4) is 0 Å². The summed E-state index contributed by atoms with van der Waals surface area (Å²) >= 11 is 3.50. The van der Waals surface area contributed by atoms with Gasteiger partial charge in [-0.3, -0.25) is 0 Å². The minimum Gasteiger partial charge on any atom is -0.249 e. The van der Waals surface area contributed by atoms with Gasteiger partial charge in [0.2, 0.25) is 0 Å². The second-order valence-electron chi connectivity index (χ2n) is 4.64. The highest BCUT2D eigenvalue weighted by molar-refractivity contribution is 9.10. The number of aromatic nitrogens is 3. The van der Waals surface area contributed by atoms with Crippen LogP contribution in [0.15, 0.2) is 35.3 Å². The van der Waals surface area contributed by atoms with E-state index in [0.29, 0.717) is 6.54 Å². The molecule has 0 aliphatic heterocycles. The van der Waals surface area contributed by atoms with Gasteiger partial charge in [0.25, 0.3) is 0 Å². The third kappa shape index (κ3) is 2.59. The summed E-state index contributed by atoms with van der Waals surface area (Å²) in [6.07, 6.45) is 3.19. The van der Waals surface area contributed by atoms with Crippen LogP contribution in [0, 0.1) is 11.3 Å². The third-order valence-electron chi connectivity index (χ3n) is 2.79. The Bertz CT molecular complexity index is 582. The van der Waals surface area contributed by atoms with Crippen LogP contribution in [0.25, 0.3) is 0 Å². The molecule has 0 fully saturated rings. The molecule has 0 saturated heterocycles. The summed E-state index contributed by atoms with van der Waals surface area (Å²) in [6, 6.07) is 8.35. The fraction of sp³-hybridized carbons (Fsp3) is 0.308. The summed E-state index contributed by atoms with van der Waals surface area (Å²) in [7, 11) is 0. The molecule has 2 rings (SSSR count). The Balaban J connectivity index is 2.36. The molecular weight excluding hydrogens is 292 g/mol. The fourth-order valence-electron chi connectivity index (χ4n) is 1.71. The molecule has 0 saturated carbocycles. The van der Waals surface area contributed by atoms with E-state index < -0.39 is 5.41 Å². The van der Waals surface area contributed by atoms with Gasteiger partial charge < -0.3 is 0 Å². The van der Waals surface area contributed by atoms with Gasteiger partial charge in [-0.2, -0.15) is 10.4 Å². The molecule has 4 nitrogen and oxygen atoms in total. The maximum absolute atomic E-state index is 9.22. The molecule has 0 unspecified atom stereocenters. The van der Waals surface area contributed by atoms with Crippen molar-refractivity contribution in [3.63, 3.8) is 0 Å². The number of nitriles is 1. The van der Waals surface area contributed by atoms with E-state index in [4.69, 9.17) is 0 Å². The van der Waals surface area contributed by atoms with Gasteiger partial charge in [0.1, 0.15) is 12.7 Å². The Morgan fingerprint density at radius 2 is 2.22 bits per heavy atom. The number of hydrogen-bond donors (Lipinski definition) is 0. The fourth-order valence-corrected chi connectivity index (χ4v) is 2.45. The van der Waals surface area contributed by atoms with E-state index in [2.05, 4.69) is 32.1 Å². The molecule has 0 aliphatic carbocycles. The van der Waals surface area contributed by atoms with E-state index >= 15 is 0 Å². The largest absolute Gasteiger partial charge is 0.249 e. The molecule has 1 aromatic heterocycles. The van der Waals surface area contributed by atoms with Crippen LogP contribution in [0.4, 0.5) is 0 Å². The number of benzene rings is 1. The van der Waals surface area contributed by atoms with E-state index in [1.54, 1.807) is 11.0 Å². The van der Waals surface area contributed by atoms with E-state index in [1.165, 1.54) is 6.33 Å². The lowest BCUT2D eigenvalue weighted by Gasteiger charge is -2.18. The monoisotopic (exact) mass is 304 g/mol. The molecular formula is C13H13BrN4. The van der Waals surface area contributed by atoms with E-state index in [1.807, 2.05) is 32.0 Å². The van der Waals surface area contributed by atoms with Crippen LogP contribution in [-0.2, 0) is 12.0 Å². The highest BCUT2D eigenvalue weighted by atomic mass is 79.9. The van der Waals surface area contributed by atoms with Crippen LogP contribution >= 0.6 is 15.9 Å². The summed E-state index contributed by atoms with van der Waals surface area (Å²) in [6.45, 7) is 4.47. The molecule has 0 bridgehead atoms. The number of nitrogens with zero attached hydrogens (tertiary/aromatic N) is 4. The normalized spacial score (nSPS) is 11.2. The van der Waals surface area contributed by atoms with Gasteiger partial charge in [-0.15, -0.1) is 0 Å². The molecule has 0 spiro atoms. The topological polar surface area (TPSA) is 54.5 Å². The highest BCUT2D eigenvalue weighted by Gasteiger charge is 2.22. The van der Waals surface area contributed by atoms with Crippen molar-refractivity contribution in [2.75, 3.05) is 0 Å². The molecule has 0 amide bonds. The number of halogens is 1. The average molecular weight is 305 g/mol. The van der Waals surface area contributed by atoms with Gasteiger partial charge >= 0.3 is 0 Å². The average Bonchev–Trinajstić information content (AvgIpc) is 2.84. The first kappa shape index (κ1) is 12.8. The zero-order chi connectivity index (χ0) is 13.2. The zero-order valence-corrected chi connectivity index (χ0v) is 11.8. The van der Waals surface area contributed by atoms with Gasteiger partial charge in [-0.1, -0.05) is 28.1 Å². The lowest BCUT2D eigenvalue weighted by Crippen LogP contribution is -2.15. The zero-order valence-electron chi connectivity index (χ0n) is 10.3.